The molecule has 0 spiro atoms. The molecule has 2 fully saturated rings. The summed E-state index contributed by atoms with van der Waals surface area (Å²) in [5.74, 6) is 1.75. The van der Waals surface area contributed by atoms with Crippen LogP contribution in [-0.2, 0) is 13.6 Å². The van der Waals surface area contributed by atoms with Crippen molar-refractivity contribution in [1.82, 2.24) is 25.0 Å². The number of ether oxygens (including phenoxy) is 1. The Balaban J connectivity index is 1.32. The number of nitrogens with one attached hydrogen (secondary N) is 1. The molecule has 4 heterocycles. The fraction of sp³-hybridized carbons (Fsp3) is 0.526. The van der Waals surface area contributed by atoms with E-state index in [1.165, 1.54) is 12.8 Å². The highest BCUT2D eigenvalue weighted by atomic mass is 16.5. The maximum absolute atomic E-state index is 12.4. The average Bonchev–Trinajstić information content (AvgIpc) is 3.43. The molecule has 2 amide bonds. The molecule has 4 rings (SSSR count). The average molecular weight is 370 g/mol. The first-order valence-corrected chi connectivity index (χ1v) is 9.57. The van der Waals surface area contributed by atoms with E-state index in [9.17, 15) is 4.79 Å². The molecule has 0 saturated carbocycles. The monoisotopic (exact) mass is 370 g/mol. The minimum absolute atomic E-state index is 0.00185. The molecule has 0 bridgehead atoms. The molecule has 2 aliphatic rings. The molecule has 1 atom stereocenters. The molecular weight excluding hydrogens is 344 g/mol. The lowest BCUT2D eigenvalue weighted by Crippen LogP contribution is -2.39. The lowest BCUT2D eigenvalue weighted by Gasteiger charge is -2.22. The van der Waals surface area contributed by atoms with E-state index in [0.717, 1.165) is 36.8 Å². The van der Waals surface area contributed by atoms with Crippen LogP contribution < -0.4 is 15.0 Å². The third-order valence-corrected chi connectivity index (χ3v) is 5.23. The van der Waals surface area contributed by atoms with Gasteiger partial charge in [-0.05, 0) is 31.0 Å². The summed E-state index contributed by atoms with van der Waals surface area (Å²) in [7, 11) is 1.87. The van der Waals surface area contributed by atoms with Crippen molar-refractivity contribution in [2.24, 2.45) is 7.05 Å². The summed E-state index contributed by atoms with van der Waals surface area (Å²) in [5, 5.41) is 7.07. The summed E-state index contributed by atoms with van der Waals surface area (Å²) in [4.78, 5) is 21.1. The number of carbonyl (C=O) groups is 1. The van der Waals surface area contributed by atoms with Gasteiger partial charge in [-0.3, -0.25) is 4.68 Å². The van der Waals surface area contributed by atoms with Gasteiger partial charge >= 0.3 is 6.03 Å². The maximum atomic E-state index is 12.4. The second-order valence-corrected chi connectivity index (χ2v) is 7.10. The van der Waals surface area contributed by atoms with Gasteiger partial charge in [0.15, 0.2) is 11.6 Å². The topological polar surface area (TPSA) is 75.5 Å². The van der Waals surface area contributed by atoms with Gasteiger partial charge in [0.2, 0.25) is 0 Å². The van der Waals surface area contributed by atoms with Crippen molar-refractivity contribution in [3.05, 3.63) is 36.3 Å². The van der Waals surface area contributed by atoms with E-state index in [0.29, 0.717) is 19.6 Å². The molecule has 2 aromatic rings. The Bertz CT molecular complexity index is 786. The van der Waals surface area contributed by atoms with Crippen LogP contribution in [0.2, 0.25) is 0 Å². The quantitative estimate of drug-likeness (QED) is 0.868. The number of amides is 2. The van der Waals surface area contributed by atoms with E-state index in [4.69, 9.17) is 4.74 Å². The van der Waals surface area contributed by atoms with Crippen LogP contribution in [0.1, 0.15) is 25.0 Å². The fourth-order valence-corrected chi connectivity index (χ4v) is 3.68. The van der Waals surface area contributed by atoms with Gasteiger partial charge in [0, 0.05) is 45.5 Å². The Morgan fingerprint density at radius 3 is 2.89 bits per heavy atom. The molecule has 2 aromatic heterocycles. The van der Waals surface area contributed by atoms with Crippen LogP contribution in [0.5, 0.6) is 5.75 Å². The minimum Gasteiger partial charge on any atom is -0.485 e. The first-order chi connectivity index (χ1) is 13.2. The van der Waals surface area contributed by atoms with Crippen LogP contribution in [0, 0.1) is 0 Å². The fourth-order valence-electron chi connectivity index (χ4n) is 3.68. The van der Waals surface area contributed by atoms with Gasteiger partial charge in [0.1, 0.15) is 6.10 Å². The lowest BCUT2D eigenvalue weighted by molar-refractivity contribution is 0.186. The molecule has 8 nitrogen and oxygen atoms in total. The number of pyridine rings is 1. The number of hydrogen-bond donors (Lipinski definition) is 1. The molecule has 2 saturated heterocycles. The van der Waals surface area contributed by atoms with Crippen molar-refractivity contribution in [2.75, 3.05) is 31.1 Å². The molecular formula is C19H26N6O2. The highest BCUT2D eigenvalue weighted by Gasteiger charge is 2.29. The maximum Gasteiger partial charge on any atom is 0.317 e. The standard InChI is InChI=1S/C19H26N6O2/c1-23-15(6-9-22-23)13-21-19(26)25-12-7-16(14-25)27-17-5-4-8-20-18(17)24-10-2-3-11-24/h4-6,8-9,16H,2-3,7,10-14H2,1H3,(H,21,26)/t16-/m0/s1. The number of nitrogens with zero attached hydrogens (tertiary/aromatic N) is 5. The van der Waals surface area contributed by atoms with E-state index in [2.05, 4.69) is 20.3 Å². The van der Waals surface area contributed by atoms with Crippen LogP contribution in [0.25, 0.3) is 0 Å². The van der Waals surface area contributed by atoms with E-state index in [1.54, 1.807) is 10.9 Å². The first kappa shape index (κ1) is 17.6. The summed E-state index contributed by atoms with van der Waals surface area (Å²) in [6, 6.07) is 5.72. The van der Waals surface area contributed by atoms with Crippen molar-refractivity contribution < 1.29 is 9.53 Å². The van der Waals surface area contributed by atoms with Gasteiger partial charge in [0.05, 0.1) is 18.8 Å². The zero-order valence-corrected chi connectivity index (χ0v) is 15.7. The molecule has 0 radical (unpaired) electrons. The van der Waals surface area contributed by atoms with Crippen LogP contribution in [0.4, 0.5) is 10.6 Å². The predicted octanol–water partition coefficient (Wildman–Crippen LogP) is 1.78. The highest BCUT2D eigenvalue weighted by molar-refractivity contribution is 5.74. The van der Waals surface area contributed by atoms with E-state index >= 15 is 0 Å². The van der Waals surface area contributed by atoms with Crippen molar-refractivity contribution in [1.29, 1.82) is 0 Å². The second-order valence-electron chi connectivity index (χ2n) is 7.10. The van der Waals surface area contributed by atoms with Crippen LogP contribution >= 0.6 is 0 Å². The lowest BCUT2D eigenvalue weighted by atomic mass is 10.3. The molecule has 2 aliphatic heterocycles. The van der Waals surface area contributed by atoms with Gasteiger partial charge in [-0.2, -0.15) is 5.10 Å². The SMILES string of the molecule is Cn1nccc1CNC(=O)N1CC[C@H](Oc2cccnc2N2CCCC2)C1. The third kappa shape index (κ3) is 3.99. The number of anilines is 1. The van der Waals surface area contributed by atoms with Crippen LogP contribution in [0.15, 0.2) is 30.6 Å². The van der Waals surface area contributed by atoms with E-state index < -0.39 is 0 Å². The van der Waals surface area contributed by atoms with Gasteiger partial charge in [-0.1, -0.05) is 0 Å². The number of aryl methyl sites for hydroxylation is 1. The summed E-state index contributed by atoms with van der Waals surface area (Å²) in [6.45, 7) is 3.81. The van der Waals surface area contributed by atoms with Crippen LogP contribution in [0.3, 0.4) is 0 Å². The van der Waals surface area contributed by atoms with Gasteiger partial charge < -0.3 is 19.9 Å². The van der Waals surface area contributed by atoms with Crippen molar-refractivity contribution in [3.8, 4) is 5.75 Å². The summed E-state index contributed by atoms with van der Waals surface area (Å²) in [6.07, 6.45) is 6.76. The van der Waals surface area contributed by atoms with Crippen molar-refractivity contribution >= 4 is 11.8 Å². The predicted molar refractivity (Wildman–Crippen MR) is 102 cm³/mol. The Hall–Kier alpha value is -2.77. The smallest absolute Gasteiger partial charge is 0.317 e. The summed E-state index contributed by atoms with van der Waals surface area (Å²) < 4.78 is 7.99. The third-order valence-electron chi connectivity index (χ3n) is 5.23. The Kier molecular flexibility index (Phi) is 5.13. The van der Waals surface area contributed by atoms with Gasteiger partial charge in [-0.25, -0.2) is 9.78 Å². The number of hydrogen-bond acceptors (Lipinski definition) is 5. The van der Waals surface area contributed by atoms with Crippen LogP contribution in [-0.4, -0.2) is 58.0 Å². The number of urea groups is 1. The molecule has 0 unspecified atom stereocenters. The zero-order valence-electron chi connectivity index (χ0n) is 15.7. The summed E-state index contributed by atoms with van der Waals surface area (Å²) >= 11 is 0. The van der Waals surface area contributed by atoms with Crippen molar-refractivity contribution in [3.63, 3.8) is 0 Å². The van der Waals surface area contributed by atoms with E-state index in [1.807, 2.05) is 36.3 Å². The minimum atomic E-state index is -0.0618. The number of aromatic nitrogens is 3. The summed E-state index contributed by atoms with van der Waals surface area (Å²) in [5.41, 5.74) is 0.973. The number of rotatable bonds is 5. The molecule has 144 valence electrons. The molecule has 0 aromatic carbocycles. The molecule has 1 N–H and O–H groups in total. The van der Waals surface area contributed by atoms with E-state index in [-0.39, 0.29) is 12.1 Å². The Morgan fingerprint density at radius 2 is 2.11 bits per heavy atom. The molecule has 8 heteroatoms. The normalized spacial score (nSPS) is 19.5. The second kappa shape index (κ2) is 7.85. The Labute approximate surface area is 159 Å². The van der Waals surface area contributed by atoms with Crippen molar-refractivity contribution in [2.45, 2.75) is 31.9 Å². The largest absolute Gasteiger partial charge is 0.485 e. The Morgan fingerprint density at radius 1 is 1.26 bits per heavy atom. The highest BCUT2D eigenvalue weighted by Crippen LogP contribution is 2.30. The number of carbonyl (C=O) groups excluding carboxylic acids is 1. The first-order valence-electron chi connectivity index (χ1n) is 9.57. The molecule has 27 heavy (non-hydrogen) atoms. The van der Waals surface area contributed by atoms with Gasteiger partial charge in [-0.15, -0.1) is 0 Å². The zero-order chi connectivity index (χ0) is 18.6. The molecule has 0 aliphatic carbocycles. The van der Waals surface area contributed by atoms with Gasteiger partial charge in [0.25, 0.3) is 0 Å². The number of likely N-dealkylation sites (tertiary alicyclic amines) is 1.